The molecule has 3 nitrogen and oxygen atoms in total. The Labute approximate surface area is 91.8 Å². The van der Waals surface area contributed by atoms with E-state index in [1.807, 2.05) is 6.07 Å². The maximum absolute atomic E-state index is 5.71. The van der Waals surface area contributed by atoms with Gasteiger partial charge in [-0.3, -0.25) is 0 Å². The highest BCUT2D eigenvalue weighted by molar-refractivity contribution is 5.04. The van der Waals surface area contributed by atoms with Gasteiger partial charge in [0.1, 0.15) is 0 Å². The molecule has 0 spiro atoms. The minimum Gasteiger partial charge on any atom is -0.472 e. The lowest BCUT2D eigenvalue weighted by Crippen LogP contribution is -2.28. The molecule has 0 saturated carbocycles. The molecule has 3 heteroatoms. The smallest absolute Gasteiger partial charge is 0.0947 e. The molecule has 1 aromatic heterocycles. The lowest BCUT2D eigenvalue weighted by molar-refractivity contribution is -0.0181. The molecule has 1 heterocycles. The molecule has 86 valence electrons. The molecule has 1 aromatic rings. The lowest BCUT2D eigenvalue weighted by Gasteiger charge is -2.23. The van der Waals surface area contributed by atoms with E-state index in [1.165, 1.54) is 5.56 Å². The summed E-state index contributed by atoms with van der Waals surface area (Å²) in [6, 6.07) is 1.96. The highest BCUT2D eigenvalue weighted by Crippen LogP contribution is 2.12. The topological polar surface area (TPSA) is 34.4 Å². The Morgan fingerprint density at radius 1 is 1.47 bits per heavy atom. The van der Waals surface area contributed by atoms with Gasteiger partial charge in [0.2, 0.25) is 0 Å². The number of rotatable bonds is 7. The number of nitrogens with one attached hydrogen (secondary N) is 1. The van der Waals surface area contributed by atoms with E-state index in [1.54, 1.807) is 12.5 Å². The van der Waals surface area contributed by atoms with E-state index in [4.69, 9.17) is 9.15 Å². The molecule has 0 bridgehead atoms. The number of furan rings is 1. The third kappa shape index (κ3) is 5.00. The van der Waals surface area contributed by atoms with Crippen LogP contribution < -0.4 is 5.32 Å². The predicted molar refractivity (Wildman–Crippen MR) is 60.7 cm³/mol. The zero-order chi connectivity index (χ0) is 11.1. The van der Waals surface area contributed by atoms with Crippen LogP contribution in [0.4, 0.5) is 0 Å². The van der Waals surface area contributed by atoms with Crippen LogP contribution in [0.5, 0.6) is 0 Å². The quantitative estimate of drug-likeness (QED) is 0.704. The van der Waals surface area contributed by atoms with Crippen LogP contribution >= 0.6 is 0 Å². The van der Waals surface area contributed by atoms with Crippen molar-refractivity contribution in [1.29, 1.82) is 0 Å². The van der Waals surface area contributed by atoms with E-state index < -0.39 is 0 Å². The van der Waals surface area contributed by atoms with Crippen LogP contribution in [-0.2, 0) is 11.3 Å². The average Bonchev–Trinajstić information content (AvgIpc) is 2.70. The molecule has 0 radical (unpaired) electrons. The fraction of sp³-hybridized carbons (Fsp3) is 0.667. The van der Waals surface area contributed by atoms with Crippen molar-refractivity contribution in [1.82, 2.24) is 5.32 Å². The van der Waals surface area contributed by atoms with E-state index in [-0.39, 0.29) is 5.60 Å². The molecule has 0 aromatic carbocycles. The Bertz CT molecular complexity index is 255. The van der Waals surface area contributed by atoms with Crippen molar-refractivity contribution in [2.24, 2.45) is 0 Å². The molecule has 0 atom stereocenters. The minimum absolute atomic E-state index is 0.00266. The molecular weight excluding hydrogens is 190 g/mol. The van der Waals surface area contributed by atoms with Gasteiger partial charge in [0.25, 0.3) is 0 Å². The van der Waals surface area contributed by atoms with Crippen molar-refractivity contribution in [2.45, 2.75) is 39.3 Å². The Kier molecular flexibility index (Phi) is 4.85. The SMILES string of the molecule is CCC(C)(C)OCCNCc1ccoc1. The summed E-state index contributed by atoms with van der Waals surface area (Å²) < 4.78 is 10.7. The van der Waals surface area contributed by atoms with Gasteiger partial charge in [-0.15, -0.1) is 0 Å². The second-order valence-corrected chi connectivity index (χ2v) is 4.27. The zero-order valence-corrected chi connectivity index (χ0v) is 9.88. The van der Waals surface area contributed by atoms with Gasteiger partial charge >= 0.3 is 0 Å². The van der Waals surface area contributed by atoms with Gasteiger partial charge in [0.05, 0.1) is 24.7 Å². The predicted octanol–water partition coefficient (Wildman–Crippen LogP) is 2.57. The van der Waals surface area contributed by atoms with Gasteiger partial charge in [-0.05, 0) is 26.3 Å². The van der Waals surface area contributed by atoms with Crippen molar-refractivity contribution in [3.05, 3.63) is 24.2 Å². The molecule has 0 saturated heterocycles. The van der Waals surface area contributed by atoms with Crippen molar-refractivity contribution in [3.8, 4) is 0 Å². The number of hydrogen-bond acceptors (Lipinski definition) is 3. The van der Waals surface area contributed by atoms with Gasteiger partial charge in [-0.1, -0.05) is 6.92 Å². The lowest BCUT2D eigenvalue weighted by atomic mass is 10.1. The summed E-state index contributed by atoms with van der Waals surface area (Å²) in [7, 11) is 0. The van der Waals surface area contributed by atoms with E-state index in [0.717, 1.165) is 26.1 Å². The third-order valence-corrected chi connectivity index (χ3v) is 2.53. The molecular formula is C12H21NO2. The Morgan fingerprint density at radius 3 is 2.87 bits per heavy atom. The van der Waals surface area contributed by atoms with Crippen molar-refractivity contribution in [2.75, 3.05) is 13.2 Å². The minimum atomic E-state index is -0.00266. The molecule has 0 aliphatic heterocycles. The first-order chi connectivity index (χ1) is 7.14. The maximum Gasteiger partial charge on any atom is 0.0947 e. The molecule has 0 aliphatic carbocycles. The molecule has 1 rings (SSSR count). The van der Waals surface area contributed by atoms with Crippen molar-refractivity contribution < 1.29 is 9.15 Å². The van der Waals surface area contributed by atoms with E-state index in [0.29, 0.717) is 0 Å². The maximum atomic E-state index is 5.71. The molecule has 0 fully saturated rings. The first-order valence-corrected chi connectivity index (χ1v) is 5.50. The van der Waals surface area contributed by atoms with E-state index >= 15 is 0 Å². The molecule has 0 unspecified atom stereocenters. The first-order valence-electron chi connectivity index (χ1n) is 5.50. The molecule has 0 amide bonds. The summed E-state index contributed by atoms with van der Waals surface area (Å²) in [5.41, 5.74) is 1.17. The van der Waals surface area contributed by atoms with Crippen LogP contribution in [0.15, 0.2) is 23.0 Å². The summed E-state index contributed by atoms with van der Waals surface area (Å²) in [6.45, 7) is 8.82. The van der Waals surface area contributed by atoms with Crippen LogP contribution in [0, 0.1) is 0 Å². The fourth-order valence-electron chi connectivity index (χ4n) is 1.13. The highest BCUT2D eigenvalue weighted by Gasteiger charge is 2.14. The Morgan fingerprint density at radius 2 is 2.27 bits per heavy atom. The summed E-state index contributed by atoms with van der Waals surface area (Å²) in [4.78, 5) is 0. The second kappa shape index (κ2) is 5.93. The van der Waals surface area contributed by atoms with Gasteiger partial charge in [0, 0.05) is 18.7 Å². The van der Waals surface area contributed by atoms with Gasteiger partial charge in [-0.2, -0.15) is 0 Å². The van der Waals surface area contributed by atoms with Crippen molar-refractivity contribution >= 4 is 0 Å². The normalized spacial score (nSPS) is 11.9. The van der Waals surface area contributed by atoms with Crippen molar-refractivity contribution in [3.63, 3.8) is 0 Å². The van der Waals surface area contributed by atoms with Crippen LogP contribution in [-0.4, -0.2) is 18.8 Å². The highest BCUT2D eigenvalue weighted by atomic mass is 16.5. The fourth-order valence-corrected chi connectivity index (χ4v) is 1.13. The Balaban J connectivity index is 2.03. The number of ether oxygens (including phenoxy) is 1. The summed E-state index contributed by atoms with van der Waals surface area (Å²) in [6.07, 6.45) is 4.48. The Hall–Kier alpha value is -0.800. The summed E-state index contributed by atoms with van der Waals surface area (Å²) in [5, 5.41) is 3.30. The summed E-state index contributed by atoms with van der Waals surface area (Å²) >= 11 is 0. The van der Waals surface area contributed by atoms with Crippen LogP contribution in [0.25, 0.3) is 0 Å². The van der Waals surface area contributed by atoms with Crippen LogP contribution in [0.1, 0.15) is 32.8 Å². The second-order valence-electron chi connectivity index (χ2n) is 4.27. The first kappa shape index (κ1) is 12.3. The molecule has 15 heavy (non-hydrogen) atoms. The zero-order valence-electron chi connectivity index (χ0n) is 9.88. The van der Waals surface area contributed by atoms with Crippen LogP contribution in [0.3, 0.4) is 0 Å². The van der Waals surface area contributed by atoms with Crippen LogP contribution in [0.2, 0.25) is 0 Å². The van der Waals surface area contributed by atoms with Gasteiger partial charge in [0.15, 0.2) is 0 Å². The molecule has 0 aliphatic rings. The third-order valence-electron chi connectivity index (χ3n) is 2.53. The van der Waals surface area contributed by atoms with E-state index in [9.17, 15) is 0 Å². The van der Waals surface area contributed by atoms with E-state index in [2.05, 4.69) is 26.1 Å². The molecule has 1 N–H and O–H groups in total. The van der Waals surface area contributed by atoms with Gasteiger partial charge < -0.3 is 14.5 Å². The van der Waals surface area contributed by atoms with Gasteiger partial charge in [-0.25, -0.2) is 0 Å². The monoisotopic (exact) mass is 211 g/mol. The summed E-state index contributed by atoms with van der Waals surface area (Å²) in [5.74, 6) is 0. The average molecular weight is 211 g/mol. The number of hydrogen-bond donors (Lipinski definition) is 1. The standard InChI is InChI=1S/C12H21NO2/c1-4-12(2,3)15-8-6-13-9-11-5-7-14-10-11/h5,7,10,13H,4,6,8-9H2,1-3H3. The largest absolute Gasteiger partial charge is 0.472 e.